The highest BCUT2D eigenvalue weighted by Crippen LogP contribution is 2.35. The number of Topliss-reactive ketones (excluding diaryl/α,β-unsaturated/α-hetero) is 1. The van der Waals surface area contributed by atoms with Crippen LogP contribution < -0.4 is 16.8 Å². The van der Waals surface area contributed by atoms with Gasteiger partial charge >= 0.3 is 11.9 Å². The number of hydrogen-bond donors (Lipinski definition) is 5. The van der Waals surface area contributed by atoms with E-state index in [1.807, 2.05) is 18.2 Å². The number of benzene rings is 2. The molecule has 0 saturated carbocycles. The molecule has 0 fully saturated rings. The third kappa shape index (κ3) is 8.23. The molecule has 11 heteroatoms. The molecule has 0 heterocycles. The number of ketones is 2. The quantitative estimate of drug-likeness (QED) is 0.196. The maximum absolute atomic E-state index is 13.6. The predicted octanol–water partition coefficient (Wildman–Crippen LogP) is 2.31. The number of carboxylic acids is 2. The first kappa shape index (κ1) is 31.5. The lowest BCUT2D eigenvalue weighted by Gasteiger charge is -2.37. The second kappa shape index (κ2) is 14.5. The highest BCUT2D eigenvalue weighted by molar-refractivity contribution is 7.98. The number of carbonyl (C=O) groups is 5. The number of rotatable bonds is 15. The maximum Gasteiger partial charge on any atom is 0.327 e. The molecule has 216 valence electrons. The van der Waals surface area contributed by atoms with Crippen molar-refractivity contribution in [1.29, 1.82) is 0 Å². The fourth-order valence-corrected chi connectivity index (χ4v) is 5.41. The molecule has 1 amide bonds. The minimum Gasteiger partial charge on any atom is -0.480 e. The Morgan fingerprint density at radius 1 is 0.878 bits per heavy atom. The number of carbonyl (C=O) groups excluding carboxylic acids is 3. The van der Waals surface area contributed by atoms with E-state index < -0.39 is 47.2 Å². The van der Waals surface area contributed by atoms with Crippen LogP contribution >= 0.6 is 11.8 Å². The Morgan fingerprint density at radius 2 is 1.54 bits per heavy atom. The molecule has 41 heavy (non-hydrogen) atoms. The normalized spacial score (nSPS) is 18.2. The molecule has 0 spiro atoms. The van der Waals surface area contributed by atoms with Gasteiger partial charge in [0.25, 0.3) is 0 Å². The van der Waals surface area contributed by atoms with Crippen molar-refractivity contribution in [3.63, 3.8) is 0 Å². The zero-order valence-electron chi connectivity index (χ0n) is 22.3. The summed E-state index contributed by atoms with van der Waals surface area (Å²) in [5.41, 5.74) is 12.2. The van der Waals surface area contributed by atoms with Crippen molar-refractivity contribution < 1.29 is 34.2 Å². The van der Waals surface area contributed by atoms with Crippen molar-refractivity contribution in [1.82, 2.24) is 5.32 Å². The molecular weight excluding hydrogens is 546 g/mol. The fourth-order valence-electron chi connectivity index (χ4n) is 4.46. The molecular formula is C30H33N3O7S. The Hall–Kier alpha value is -4.06. The van der Waals surface area contributed by atoms with E-state index in [9.17, 15) is 29.1 Å². The average molecular weight is 580 g/mol. The summed E-state index contributed by atoms with van der Waals surface area (Å²) < 4.78 is 0. The Labute approximate surface area is 241 Å². The van der Waals surface area contributed by atoms with Crippen molar-refractivity contribution in [2.75, 3.05) is 5.75 Å². The third-order valence-corrected chi connectivity index (χ3v) is 7.91. The van der Waals surface area contributed by atoms with Crippen LogP contribution in [-0.4, -0.2) is 63.5 Å². The van der Waals surface area contributed by atoms with E-state index >= 15 is 0 Å². The van der Waals surface area contributed by atoms with Crippen LogP contribution in [-0.2, 0) is 24.9 Å². The van der Waals surface area contributed by atoms with E-state index in [0.717, 1.165) is 5.56 Å². The van der Waals surface area contributed by atoms with Crippen LogP contribution in [0.5, 0.6) is 0 Å². The highest BCUT2D eigenvalue weighted by atomic mass is 32.2. The van der Waals surface area contributed by atoms with Gasteiger partial charge in [-0.15, -0.1) is 0 Å². The van der Waals surface area contributed by atoms with Gasteiger partial charge in [0.1, 0.15) is 12.1 Å². The number of allylic oxidation sites excluding steroid dienone is 3. The van der Waals surface area contributed by atoms with Gasteiger partial charge in [0, 0.05) is 29.1 Å². The van der Waals surface area contributed by atoms with Crippen molar-refractivity contribution in [2.45, 2.75) is 43.1 Å². The van der Waals surface area contributed by atoms with Crippen LogP contribution in [0.25, 0.3) is 0 Å². The van der Waals surface area contributed by atoms with E-state index in [-0.39, 0.29) is 30.8 Å². The first-order chi connectivity index (χ1) is 19.5. The molecule has 0 saturated heterocycles. The van der Waals surface area contributed by atoms with E-state index in [1.54, 1.807) is 54.6 Å². The summed E-state index contributed by atoms with van der Waals surface area (Å²) in [4.78, 5) is 61.9. The summed E-state index contributed by atoms with van der Waals surface area (Å²) in [6.45, 7) is 0. The molecule has 1 aliphatic carbocycles. The smallest absolute Gasteiger partial charge is 0.327 e. The summed E-state index contributed by atoms with van der Waals surface area (Å²) in [5.74, 6) is -3.35. The standard InChI is InChI=1S/C30H33N3O7S/c31-22(28(37)38)13-14-24(34)33-26(29(39)40)30(15-5-2-6-16-30)27(36)23(32)18-41-17-19-9-11-21(12-10-19)25(35)20-7-3-1-4-8-20/h1-12,15,22-23,26H,13-14,16-18,31-32H2,(H,33,34)(H,37,38)(H,39,40)/t22-,23-,26-,30?/m0/s1. The Balaban J connectivity index is 1.63. The van der Waals surface area contributed by atoms with Crippen LogP contribution in [0.1, 0.15) is 40.7 Å². The number of hydrogen-bond acceptors (Lipinski definition) is 8. The van der Waals surface area contributed by atoms with Crippen LogP contribution in [0, 0.1) is 5.41 Å². The van der Waals surface area contributed by atoms with Crippen molar-refractivity contribution >= 4 is 41.2 Å². The molecule has 4 atom stereocenters. The van der Waals surface area contributed by atoms with E-state index in [0.29, 0.717) is 16.9 Å². The Morgan fingerprint density at radius 3 is 2.12 bits per heavy atom. The number of amides is 1. The van der Waals surface area contributed by atoms with Gasteiger partial charge in [0.05, 0.1) is 11.5 Å². The second-order valence-corrected chi connectivity index (χ2v) is 10.8. The van der Waals surface area contributed by atoms with Gasteiger partial charge in [-0.1, -0.05) is 78.9 Å². The minimum atomic E-state index is -1.62. The molecule has 1 unspecified atom stereocenters. The molecule has 1 aliphatic rings. The molecule has 0 bridgehead atoms. The van der Waals surface area contributed by atoms with Crippen LogP contribution in [0.2, 0.25) is 0 Å². The second-order valence-electron chi connectivity index (χ2n) is 9.73. The topological polar surface area (TPSA) is 190 Å². The molecule has 2 aromatic rings. The number of carboxylic acid groups (broad SMARTS) is 2. The van der Waals surface area contributed by atoms with Crippen molar-refractivity contribution in [3.8, 4) is 0 Å². The molecule has 2 aromatic carbocycles. The molecule has 0 radical (unpaired) electrons. The van der Waals surface area contributed by atoms with Crippen LogP contribution in [0.3, 0.4) is 0 Å². The molecule has 10 nitrogen and oxygen atoms in total. The molecule has 0 aliphatic heterocycles. The number of aliphatic carboxylic acids is 2. The maximum atomic E-state index is 13.6. The number of nitrogens with two attached hydrogens (primary N) is 2. The van der Waals surface area contributed by atoms with E-state index in [1.165, 1.54) is 17.8 Å². The van der Waals surface area contributed by atoms with E-state index in [4.69, 9.17) is 16.6 Å². The zero-order chi connectivity index (χ0) is 30.0. The van der Waals surface area contributed by atoms with Gasteiger partial charge in [0.2, 0.25) is 5.91 Å². The molecule has 7 N–H and O–H groups in total. The van der Waals surface area contributed by atoms with Crippen LogP contribution in [0.4, 0.5) is 0 Å². The lowest BCUT2D eigenvalue weighted by Crippen LogP contribution is -2.59. The van der Waals surface area contributed by atoms with Gasteiger partial charge in [0.15, 0.2) is 11.6 Å². The molecule has 3 rings (SSSR count). The van der Waals surface area contributed by atoms with Crippen molar-refractivity contribution in [3.05, 3.63) is 95.6 Å². The molecule has 0 aromatic heterocycles. The third-order valence-electron chi connectivity index (χ3n) is 6.78. The van der Waals surface area contributed by atoms with Crippen LogP contribution in [0.15, 0.2) is 78.9 Å². The van der Waals surface area contributed by atoms with Gasteiger partial charge in [-0.3, -0.25) is 19.2 Å². The SMILES string of the molecule is N[C@@H](CCC(=O)N[C@@H](C(=O)O)C1(C(=O)[C@@H](N)CSCc2ccc(C(=O)c3ccccc3)cc2)C=CC=CC1)C(=O)O. The summed E-state index contributed by atoms with van der Waals surface area (Å²) >= 11 is 1.39. The van der Waals surface area contributed by atoms with Gasteiger partial charge < -0.3 is 27.0 Å². The Kier molecular flexibility index (Phi) is 11.2. The first-order valence-electron chi connectivity index (χ1n) is 13.0. The van der Waals surface area contributed by atoms with Crippen molar-refractivity contribution in [2.24, 2.45) is 16.9 Å². The monoisotopic (exact) mass is 579 g/mol. The summed E-state index contributed by atoms with van der Waals surface area (Å²) in [6, 6.07) is 12.2. The fraction of sp³-hybridized carbons (Fsp3) is 0.300. The highest BCUT2D eigenvalue weighted by Gasteiger charge is 2.49. The summed E-state index contributed by atoms with van der Waals surface area (Å²) in [5, 5.41) is 21.3. The number of nitrogens with one attached hydrogen (secondary N) is 1. The first-order valence-corrected chi connectivity index (χ1v) is 14.1. The number of thioether (sulfide) groups is 1. The van der Waals surface area contributed by atoms with Gasteiger partial charge in [-0.25, -0.2) is 4.79 Å². The lowest BCUT2D eigenvalue weighted by molar-refractivity contribution is -0.149. The van der Waals surface area contributed by atoms with Gasteiger partial charge in [-0.2, -0.15) is 11.8 Å². The zero-order valence-corrected chi connectivity index (χ0v) is 23.1. The minimum absolute atomic E-state index is 0.0174. The lowest BCUT2D eigenvalue weighted by atomic mass is 9.70. The summed E-state index contributed by atoms with van der Waals surface area (Å²) in [6.07, 6.45) is 5.80. The average Bonchev–Trinajstić information content (AvgIpc) is 2.98. The van der Waals surface area contributed by atoms with E-state index in [2.05, 4.69) is 5.32 Å². The predicted molar refractivity (Wildman–Crippen MR) is 155 cm³/mol. The largest absolute Gasteiger partial charge is 0.480 e. The Bertz CT molecular complexity index is 1330. The van der Waals surface area contributed by atoms with Gasteiger partial charge in [-0.05, 0) is 18.4 Å². The summed E-state index contributed by atoms with van der Waals surface area (Å²) in [7, 11) is 0.